The molecule has 1 heterocycles. The van der Waals surface area contributed by atoms with Crippen LogP contribution in [-0.4, -0.2) is 48.2 Å². The fraction of sp³-hybridized carbons (Fsp3) is 0.364. The van der Waals surface area contributed by atoms with E-state index in [1.54, 1.807) is 37.4 Å². The smallest absolute Gasteiger partial charge is 0.163 e. The number of piperazine rings is 1. The van der Waals surface area contributed by atoms with Crippen LogP contribution in [0.1, 0.15) is 19.4 Å². The molecule has 29 heavy (non-hydrogen) atoms. The Morgan fingerprint density at radius 2 is 1.90 bits per heavy atom. The van der Waals surface area contributed by atoms with E-state index in [-0.39, 0.29) is 17.9 Å². The highest BCUT2D eigenvalue weighted by Crippen LogP contribution is 2.31. The van der Waals surface area contributed by atoms with E-state index in [1.807, 2.05) is 18.7 Å². The molecule has 0 spiro atoms. The highest BCUT2D eigenvalue weighted by atomic mass is 35.5. The maximum absolute atomic E-state index is 13.2. The Balaban J connectivity index is 1.71. The highest BCUT2D eigenvalue weighted by molar-refractivity contribution is 6.30. The number of carbonyl (C=O) groups excluding carboxylic acids is 1. The van der Waals surface area contributed by atoms with E-state index < -0.39 is 0 Å². The quantitative estimate of drug-likeness (QED) is 0.660. The first-order valence-corrected chi connectivity index (χ1v) is 9.77. The molecule has 7 heteroatoms. The van der Waals surface area contributed by atoms with Crippen molar-refractivity contribution in [2.75, 3.05) is 20.4 Å². The van der Waals surface area contributed by atoms with E-state index >= 15 is 0 Å². The molecule has 154 valence electrons. The maximum Gasteiger partial charge on any atom is 0.163 e. The molecule has 0 amide bonds. The lowest BCUT2D eigenvalue weighted by molar-refractivity contribution is 0.0277. The Kier molecular flexibility index (Phi) is 6.80. The van der Waals surface area contributed by atoms with Crippen molar-refractivity contribution in [1.29, 1.82) is 0 Å². The first-order valence-electron chi connectivity index (χ1n) is 9.39. The standard InChI is InChI=1S/C22H24ClFN2O3/c1-15-11-25(14-29-21-9-6-18(23)10-22(21)28-3)16(2)20(13-27)26(15)12-17-4-7-19(24)8-5-17/h4-10,15-16H,11-12,14H2,1-3H3/t15-,16+/m1/s1. The van der Waals surface area contributed by atoms with Gasteiger partial charge in [-0.3, -0.25) is 4.90 Å². The number of methoxy groups -OCH3 is 1. The largest absolute Gasteiger partial charge is 0.493 e. The van der Waals surface area contributed by atoms with Gasteiger partial charge in [-0.15, -0.1) is 0 Å². The van der Waals surface area contributed by atoms with E-state index in [0.29, 0.717) is 42.0 Å². The average Bonchev–Trinajstić information content (AvgIpc) is 2.71. The van der Waals surface area contributed by atoms with Crippen LogP contribution in [0, 0.1) is 5.82 Å². The molecule has 0 saturated carbocycles. The highest BCUT2D eigenvalue weighted by Gasteiger charge is 2.34. The molecule has 3 rings (SSSR count). The summed E-state index contributed by atoms with van der Waals surface area (Å²) in [4.78, 5) is 15.9. The molecule has 0 unspecified atom stereocenters. The summed E-state index contributed by atoms with van der Waals surface area (Å²) >= 11 is 6.00. The zero-order valence-corrected chi connectivity index (χ0v) is 17.4. The molecule has 1 aliphatic rings. The molecule has 0 aliphatic carbocycles. The van der Waals surface area contributed by atoms with Gasteiger partial charge >= 0.3 is 0 Å². The van der Waals surface area contributed by atoms with Gasteiger partial charge in [-0.25, -0.2) is 9.18 Å². The van der Waals surface area contributed by atoms with Crippen LogP contribution in [-0.2, 0) is 11.3 Å². The maximum atomic E-state index is 13.2. The number of hydrogen-bond donors (Lipinski definition) is 0. The summed E-state index contributed by atoms with van der Waals surface area (Å²) in [5.74, 6) is 2.97. The van der Waals surface area contributed by atoms with Crippen LogP contribution < -0.4 is 9.47 Å². The molecule has 2 atom stereocenters. The van der Waals surface area contributed by atoms with Gasteiger partial charge in [-0.2, -0.15) is 0 Å². The summed E-state index contributed by atoms with van der Waals surface area (Å²) in [7, 11) is 1.56. The van der Waals surface area contributed by atoms with Gasteiger partial charge in [0.25, 0.3) is 0 Å². The number of nitrogens with zero attached hydrogens (tertiary/aromatic N) is 2. The lowest BCUT2D eigenvalue weighted by Crippen LogP contribution is -2.55. The monoisotopic (exact) mass is 418 g/mol. The fourth-order valence-electron chi connectivity index (χ4n) is 3.50. The Labute approximate surface area is 175 Å². The van der Waals surface area contributed by atoms with E-state index in [4.69, 9.17) is 21.1 Å². The Bertz CT molecular complexity index is 899. The zero-order chi connectivity index (χ0) is 21.0. The Morgan fingerprint density at radius 3 is 2.55 bits per heavy atom. The molecule has 1 fully saturated rings. The van der Waals surface area contributed by atoms with Crippen molar-refractivity contribution in [2.24, 2.45) is 0 Å². The SMILES string of the molecule is COc1cc(Cl)ccc1OCN1C[C@@H](C)N(Cc2ccc(F)cc2)C(=C=O)[C@@H]1C. The second-order valence-corrected chi connectivity index (χ2v) is 7.54. The predicted molar refractivity (Wildman–Crippen MR) is 110 cm³/mol. The average molecular weight is 419 g/mol. The molecule has 1 saturated heterocycles. The summed E-state index contributed by atoms with van der Waals surface area (Å²) in [5.41, 5.74) is 1.49. The van der Waals surface area contributed by atoms with Crippen LogP contribution in [0.15, 0.2) is 48.2 Å². The Hall–Kier alpha value is -2.53. The molecule has 0 N–H and O–H groups in total. The number of hydrogen-bond acceptors (Lipinski definition) is 5. The molecular weight excluding hydrogens is 395 g/mol. The molecule has 5 nitrogen and oxygen atoms in total. The van der Waals surface area contributed by atoms with Crippen molar-refractivity contribution < 1.29 is 18.7 Å². The van der Waals surface area contributed by atoms with Gasteiger partial charge in [0.15, 0.2) is 11.5 Å². The van der Waals surface area contributed by atoms with Crippen molar-refractivity contribution in [2.45, 2.75) is 32.5 Å². The van der Waals surface area contributed by atoms with Crippen molar-refractivity contribution >= 4 is 17.5 Å². The van der Waals surface area contributed by atoms with Gasteiger partial charge in [0.1, 0.15) is 24.2 Å². The molecule has 2 aromatic carbocycles. The number of ether oxygens (including phenoxy) is 2. The van der Waals surface area contributed by atoms with Crippen LogP contribution >= 0.6 is 11.6 Å². The number of benzene rings is 2. The molecule has 0 aromatic heterocycles. The van der Waals surface area contributed by atoms with Crippen LogP contribution in [0.5, 0.6) is 11.5 Å². The van der Waals surface area contributed by atoms with Crippen LogP contribution in [0.2, 0.25) is 5.02 Å². The van der Waals surface area contributed by atoms with Gasteiger partial charge < -0.3 is 14.4 Å². The minimum atomic E-state index is -0.277. The summed E-state index contributed by atoms with van der Waals surface area (Å²) < 4.78 is 24.4. The van der Waals surface area contributed by atoms with Crippen LogP contribution in [0.4, 0.5) is 4.39 Å². The third-order valence-corrected chi connectivity index (χ3v) is 5.40. The minimum Gasteiger partial charge on any atom is -0.493 e. The topological polar surface area (TPSA) is 42.0 Å². The normalized spacial score (nSPS) is 19.8. The fourth-order valence-corrected chi connectivity index (χ4v) is 3.66. The first kappa shape index (κ1) is 21.2. The van der Waals surface area contributed by atoms with Crippen LogP contribution in [0.25, 0.3) is 0 Å². The molecule has 2 aromatic rings. The zero-order valence-electron chi connectivity index (χ0n) is 16.7. The van der Waals surface area contributed by atoms with Crippen molar-refractivity contribution in [1.82, 2.24) is 9.80 Å². The number of rotatable bonds is 6. The summed E-state index contributed by atoms with van der Waals surface area (Å²) in [6.45, 7) is 5.51. The second-order valence-electron chi connectivity index (χ2n) is 7.11. The van der Waals surface area contributed by atoms with Crippen molar-refractivity contribution in [3.63, 3.8) is 0 Å². The molecular formula is C22H24ClFN2O3. The van der Waals surface area contributed by atoms with Crippen molar-refractivity contribution in [3.8, 4) is 11.5 Å². The molecule has 0 radical (unpaired) electrons. The molecule has 1 aliphatic heterocycles. The predicted octanol–water partition coefficient (Wildman–Crippen LogP) is 4.13. The van der Waals surface area contributed by atoms with E-state index in [1.165, 1.54) is 12.1 Å². The second kappa shape index (κ2) is 9.31. The lowest BCUT2D eigenvalue weighted by atomic mass is 10.0. The van der Waals surface area contributed by atoms with Crippen molar-refractivity contribution in [3.05, 3.63) is 64.6 Å². The van der Waals surface area contributed by atoms with E-state index in [9.17, 15) is 9.18 Å². The summed E-state index contributed by atoms with van der Waals surface area (Å²) in [6.07, 6.45) is 0. The molecule has 0 bridgehead atoms. The van der Waals surface area contributed by atoms with Crippen LogP contribution in [0.3, 0.4) is 0 Å². The van der Waals surface area contributed by atoms with Gasteiger partial charge in [-0.05, 0) is 43.7 Å². The van der Waals surface area contributed by atoms with Gasteiger partial charge in [0.05, 0.1) is 13.2 Å². The first-order chi connectivity index (χ1) is 13.9. The van der Waals surface area contributed by atoms with E-state index in [2.05, 4.69) is 10.8 Å². The Morgan fingerprint density at radius 1 is 1.17 bits per heavy atom. The van der Waals surface area contributed by atoms with Gasteiger partial charge in [0.2, 0.25) is 0 Å². The number of halogens is 2. The van der Waals surface area contributed by atoms with E-state index in [0.717, 1.165) is 5.56 Å². The van der Waals surface area contributed by atoms with Gasteiger partial charge in [-0.1, -0.05) is 23.7 Å². The summed E-state index contributed by atoms with van der Waals surface area (Å²) in [5, 5.41) is 0.566. The lowest BCUT2D eigenvalue weighted by Gasteiger charge is -2.45. The summed E-state index contributed by atoms with van der Waals surface area (Å²) in [6, 6.07) is 11.4. The minimum absolute atomic E-state index is 0.0587. The van der Waals surface area contributed by atoms with Gasteiger partial charge in [0, 0.05) is 30.2 Å². The third-order valence-electron chi connectivity index (χ3n) is 5.17. The third kappa shape index (κ3) is 4.91.